The summed E-state index contributed by atoms with van der Waals surface area (Å²) in [6, 6.07) is 6.26. The van der Waals surface area contributed by atoms with Crippen LogP contribution >= 0.6 is 0 Å². The van der Waals surface area contributed by atoms with E-state index in [4.69, 9.17) is 9.47 Å². The predicted molar refractivity (Wildman–Crippen MR) is 87.2 cm³/mol. The lowest BCUT2D eigenvalue weighted by Gasteiger charge is -2.12. The van der Waals surface area contributed by atoms with Gasteiger partial charge in [0.25, 0.3) is 5.91 Å². The minimum atomic E-state index is -0.537. The maximum absolute atomic E-state index is 11.7. The van der Waals surface area contributed by atoms with Gasteiger partial charge < -0.3 is 14.8 Å². The second kappa shape index (κ2) is 8.81. The third kappa shape index (κ3) is 5.59. The Labute approximate surface area is 145 Å². The van der Waals surface area contributed by atoms with E-state index in [1.165, 1.54) is 6.92 Å². The number of nitrogens with zero attached hydrogens (tertiary/aromatic N) is 1. The molecule has 1 aliphatic heterocycles. The summed E-state index contributed by atoms with van der Waals surface area (Å²) < 4.78 is 10.3. The van der Waals surface area contributed by atoms with E-state index < -0.39 is 24.5 Å². The number of Topliss-reactive ketones (excluding diaryl/α,β-unsaturated/α-hetero) is 1. The molecule has 0 spiro atoms. The maximum Gasteiger partial charge on any atom is 0.324 e. The summed E-state index contributed by atoms with van der Waals surface area (Å²) in [5.41, 5.74) is 0.604. The van der Waals surface area contributed by atoms with Crippen LogP contribution in [-0.4, -0.2) is 54.9 Å². The second-order valence-corrected chi connectivity index (χ2v) is 5.47. The SMILES string of the molecule is CC(=O)c1ccc(OCCCC(=O)OCC(=O)N2CCNC2=O)cc1. The first-order chi connectivity index (χ1) is 12.0. The average Bonchev–Trinajstić information content (AvgIpc) is 3.03. The van der Waals surface area contributed by atoms with E-state index in [9.17, 15) is 19.2 Å². The van der Waals surface area contributed by atoms with Crippen LogP contribution in [0.4, 0.5) is 4.79 Å². The third-order valence-electron chi connectivity index (χ3n) is 3.57. The third-order valence-corrected chi connectivity index (χ3v) is 3.57. The largest absolute Gasteiger partial charge is 0.494 e. The van der Waals surface area contributed by atoms with E-state index in [1.54, 1.807) is 24.3 Å². The molecule has 0 aromatic heterocycles. The molecule has 0 saturated carbocycles. The predicted octanol–water partition coefficient (Wildman–Crippen LogP) is 1.14. The molecule has 1 aromatic rings. The van der Waals surface area contributed by atoms with Gasteiger partial charge in [-0.25, -0.2) is 4.79 Å². The number of nitrogens with one attached hydrogen (secondary N) is 1. The molecule has 134 valence electrons. The Morgan fingerprint density at radius 2 is 1.92 bits per heavy atom. The zero-order chi connectivity index (χ0) is 18.2. The van der Waals surface area contributed by atoms with E-state index in [2.05, 4.69) is 5.32 Å². The van der Waals surface area contributed by atoms with Crippen molar-refractivity contribution >= 4 is 23.7 Å². The van der Waals surface area contributed by atoms with Crippen molar-refractivity contribution in [3.05, 3.63) is 29.8 Å². The molecule has 0 unspecified atom stereocenters. The van der Waals surface area contributed by atoms with Crippen LogP contribution in [0, 0.1) is 0 Å². The number of ketones is 1. The molecule has 1 fully saturated rings. The first-order valence-corrected chi connectivity index (χ1v) is 7.95. The minimum absolute atomic E-state index is 0.0183. The van der Waals surface area contributed by atoms with Crippen LogP contribution in [0.25, 0.3) is 0 Å². The highest BCUT2D eigenvalue weighted by molar-refractivity contribution is 5.97. The van der Waals surface area contributed by atoms with Crippen LogP contribution in [0.3, 0.4) is 0 Å². The van der Waals surface area contributed by atoms with Crippen molar-refractivity contribution in [1.29, 1.82) is 0 Å². The molecule has 8 nitrogen and oxygen atoms in total. The van der Waals surface area contributed by atoms with Crippen molar-refractivity contribution in [2.24, 2.45) is 0 Å². The Morgan fingerprint density at radius 3 is 2.52 bits per heavy atom. The van der Waals surface area contributed by atoms with Crippen molar-refractivity contribution < 1.29 is 28.7 Å². The zero-order valence-electron chi connectivity index (χ0n) is 13.9. The number of urea groups is 1. The molecule has 0 atom stereocenters. The van der Waals surface area contributed by atoms with Crippen LogP contribution in [0.5, 0.6) is 5.75 Å². The quantitative estimate of drug-likeness (QED) is 0.429. The Balaban J connectivity index is 1.61. The molecule has 2 rings (SSSR count). The highest BCUT2D eigenvalue weighted by atomic mass is 16.5. The van der Waals surface area contributed by atoms with Crippen molar-refractivity contribution in [2.75, 3.05) is 26.3 Å². The van der Waals surface area contributed by atoms with Gasteiger partial charge in [-0.05, 0) is 37.6 Å². The molecule has 1 aromatic carbocycles. The number of hydrogen-bond donors (Lipinski definition) is 1. The Bertz CT molecular complexity index is 656. The van der Waals surface area contributed by atoms with Gasteiger partial charge in [0.1, 0.15) is 5.75 Å². The summed E-state index contributed by atoms with van der Waals surface area (Å²) in [6.07, 6.45) is 0.524. The number of carbonyl (C=O) groups is 4. The fraction of sp³-hybridized carbons (Fsp3) is 0.412. The van der Waals surface area contributed by atoms with Crippen molar-refractivity contribution in [3.63, 3.8) is 0 Å². The number of benzene rings is 1. The molecular weight excluding hydrogens is 328 g/mol. The van der Waals surface area contributed by atoms with Gasteiger partial charge >= 0.3 is 12.0 Å². The monoisotopic (exact) mass is 348 g/mol. The second-order valence-electron chi connectivity index (χ2n) is 5.47. The first-order valence-electron chi connectivity index (χ1n) is 7.95. The molecule has 8 heteroatoms. The number of carbonyl (C=O) groups excluding carboxylic acids is 4. The number of amides is 3. The van der Waals surface area contributed by atoms with Crippen LogP contribution in [0.15, 0.2) is 24.3 Å². The lowest BCUT2D eigenvalue weighted by molar-refractivity contribution is -0.150. The van der Waals surface area contributed by atoms with Crippen LogP contribution in [0.2, 0.25) is 0 Å². The summed E-state index contributed by atoms with van der Waals surface area (Å²) in [5, 5.41) is 2.50. The van der Waals surface area contributed by atoms with Gasteiger partial charge in [0.2, 0.25) is 0 Å². The van der Waals surface area contributed by atoms with Crippen molar-refractivity contribution in [1.82, 2.24) is 10.2 Å². The number of hydrogen-bond acceptors (Lipinski definition) is 6. The maximum atomic E-state index is 11.7. The smallest absolute Gasteiger partial charge is 0.324 e. The van der Waals surface area contributed by atoms with Gasteiger partial charge in [-0.2, -0.15) is 0 Å². The van der Waals surface area contributed by atoms with Crippen LogP contribution < -0.4 is 10.1 Å². The summed E-state index contributed by atoms with van der Waals surface area (Å²) in [6.45, 7) is 2.04. The fourth-order valence-electron chi connectivity index (χ4n) is 2.19. The fourth-order valence-corrected chi connectivity index (χ4v) is 2.19. The average molecular weight is 348 g/mol. The van der Waals surface area contributed by atoms with Gasteiger partial charge in [-0.1, -0.05) is 0 Å². The molecule has 0 bridgehead atoms. The van der Waals surface area contributed by atoms with Gasteiger partial charge in [0.15, 0.2) is 12.4 Å². The minimum Gasteiger partial charge on any atom is -0.494 e. The Kier molecular flexibility index (Phi) is 6.50. The number of imide groups is 1. The summed E-state index contributed by atoms with van der Waals surface area (Å²) in [7, 11) is 0. The first kappa shape index (κ1) is 18.4. The molecule has 0 aliphatic carbocycles. The van der Waals surface area contributed by atoms with Crippen LogP contribution in [-0.2, 0) is 14.3 Å². The topological polar surface area (TPSA) is 102 Å². The Morgan fingerprint density at radius 1 is 1.20 bits per heavy atom. The number of ether oxygens (including phenoxy) is 2. The summed E-state index contributed by atoms with van der Waals surface area (Å²) in [5.74, 6) is -0.475. The van der Waals surface area contributed by atoms with Crippen molar-refractivity contribution in [3.8, 4) is 5.75 Å². The number of rotatable bonds is 8. The molecule has 1 heterocycles. The zero-order valence-corrected chi connectivity index (χ0v) is 13.9. The molecule has 0 radical (unpaired) electrons. The van der Waals surface area contributed by atoms with Crippen LogP contribution in [0.1, 0.15) is 30.1 Å². The lowest BCUT2D eigenvalue weighted by atomic mass is 10.1. The van der Waals surface area contributed by atoms with E-state index in [-0.39, 0.29) is 18.7 Å². The van der Waals surface area contributed by atoms with Gasteiger partial charge in [0, 0.05) is 25.1 Å². The summed E-state index contributed by atoms with van der Waals surface area (Å²) >= 11 is 0. The highest BCUT2D eigenvalue weighted by Gasteiger charge is 2.26. The highest BCUT2D eigenvalue weighted by Crippen LogP contribution is 2.13. The molecule has 3 amide bonds. The Hall–Kier alpha value is -2.90. The molecular formula is C17H20N2O6. The van der Waals surface area contributed by atoms with E-state index in [0.717, 1.165) is 4.90 Å². The van der Waals surface area contributed by atoms with E-state index in [0.29, 0.717) is 30.9 Å². The molecule has 1 saturated heterocycles. The molecule has 1 aliphatic rings. The van der Waals surface area contributed by atoms with Gasteiger partial charge in [0.05, 0.1) is 6.61 Å². The molecule has 1 N–H and O–H groups in total. The van der Waals surface area contributed by atoms with Gasteiger partial charge in [-0.15, -0.1) is 0 Å². The van der Waals surface area contributed by atoms with Gasteiger partial charge in [-0.3, -0.25) is 19.3 Å². The number of esters is 1. The van der Waals surface area contributed by atoms with E-state index in [1.807, 2.05) is 0 Å². The molecule has 25 heavy (non-hydrogen) atoms. The van der Waals surface area contributed by atoms with Crippen molar-refractivity contribution in [2.45, 2.75) is 19.8 Å². The summed E-state index contributed by atoms with van der Waals surface area (Å²) in [4.78, 5) is 46.7. The van der Waals surface area contributed by atoms with E-state index >= 15 is 0 Å². The normalized spacial score (nSPS) is 13.3. The lowest BCUT2D eigenvalue weighted by Crippen LogP contribution is -2.37. The standard InChI is InChI=1S/C17H20N2O6/c1-12(20)13-4-6-14(7-5-13)24-10-2-3-16(22)25-11-15(21)19-9-8-18-17(19)23/h4-7H,2-3,8-11H2,1H3,(H,18,23).